The van der Waals surface area contributed by atoms with E-state index in [1.807, 2.05) is 24.3 Å². The summed E-state index contributed by atoms with van der Waals surface area (Å²) in [6.45, 7) is 4.64. The third-order valence-electron chi connectivity index (χ3n) is 4.17. The zero-order valence-corrected chi connectivity index (χ0v) is 16.5. The molecule has 0 aliphatic carbocycles. The number of hydrogen-bond donors (Lipinski definition) is 1. The maximum atomic E-state index is 12.8. The van der Waals surface area contributed by atoms with Crippen LogP contribution in [0.3, 0.4) is 0 Å². The summed E-state index contributed by atoms with van der Waals surface area (Å²) in [5.74, 6) is -0.332. The summed E-state index contributed by atoms with van der Waals surface area (Å²) in [6.07, 6.45) is 2.20. The molecule has 1 N–H and O–H groups in total. The van der Waals surface area contributed by atoms with Crippen molar-refractivity contribution in [2.75, 3.05) is 24.7 Å². The third-order valence-corrected chi connectivity index (χ3v) is 6.16. The molecule has 2 heterocycles. The van der Waals surface area contributed by atoms with Crippen LogP contribution in [0.15, 0.2) is 41.3 Å². The highest BCUT2D eigenvalue weighted by molar-refractivity contribution is 8.01. The summed E-state index contributed by atoms with van der Waals surface area (Å²) in [7, 11) is 1.35. The van der Waals surface area contributed by atoms with Gasteiger partial charge in [0.1, 0.15) is 6.04 Å². The van der Waals surface area contributed by atoms with Crippen molar-refractivity contribution in [3.63, 3.8) is 0 Å². The number of fused-ring (bicyclic) bond motifs is 1. The molecular weight excluding hydrogens is 384 g/mol. The number of aromatic nitrogens is 2. The fraction of sp³-hybridized carbons (Fsp3) is 0.333. The van der Waals surface area contributed by atoms with Gasteiger partial charge in [-0.15, -0.1) is 16.8 Å². The number of nitrogens with zero attached hydrogens (tertiary/aromatic N) is 3. The predicted octanol–water partition coefficient (Wildman–Crippen LogP) is 2.35. The Balaban J connectivity index is 1.67. The van der Waals surface area contributed by atoms with Crippen LogP contribution in [0.4, 0.5) is 5.13 Å². The monoisotopic (exact) mass is 404 g/mol. The standard InChI is InChI=1S/C18H20N4O3S2/c1-3-8-19-17-20-21-18(27-17)26-11-15(23)22-10-13-7-5-4-6-12(13)9-14(22)16(24)25-2/h3-7,14H,1,8-11H2,2H3,(H,19,20)/t14-/m1/s1. The first-order valence-electron chi connectivity index (χ1n) is 8.37. The van der Waals surface area contributed by atoms with Gasteiger partial charge < -0.3 is 15.0 Å². The molecule has 142 valence electrons. The molecule has 7 nitrogen and oxygen atoms in total. The molecule has 1 aromatic heterocycles. The van der Waals surface area contributed by atoms with Crippen LogP contribution in [0.25, 0.3) is 0 Å². The summed E-state index contributed by atoms with van der Waals surface area (Å²) in [5, 5.41) is 11.8. The van der Waals surface area contributed by atoms with E-state index < -0.39 is 12.0 Å². The Morgan fingerprint density at radius 3 is 2.93 bits per heavy atom. The van der Waals surface area contributed by atoms with Crippen LogP contribution in [0.5, 0.6) is 0 Å². The molecule has 1 atom stereocenters. The van der Waals surface area contributed by atoms with E-state index in [9.17, 15) is 9.59 Å². The van der Waals surface area contributed by atoms with Crippen molar-refractivity contribution in [1.29, 1.82) is 0 Å². The first-order chi connectivity index (χ1) is 13.1. The number of carbonyl (C=O) groups is 2. The Bertz CT molecular complexity index is 840. The molecule has 0 radical (unpaired) electrons. The Kier molecular flexibility index (Phi) is 6.46. The number of rotatable bonds is 7. The van der Waals surface area contributed by atoms with Gasteiger partial charge in [0.05, 0.1) is 12.9 Å². The highest BCUT2D eigenvalue weighted by Gasteiger charge is 2.35. The molecule has 1 aliphatic rings. The SMILES string of the molecule is C=CCNc1nnc(SCC(=O)N2Cc3ccccc3C[C@@H]2C(=O)OC)s1. The predicted molar refractivity (Wildman–Crippen MR) is 106 cm³/mol. The largest absolute Gasteiger partial charge is 0.467 e. The van der Waals surface area contributed by atoms with Gasteiger partial charge in [-0.3, -0.25) is 4.79 Å². The molecule has 1 aromatic carbocycles. The lowest BCUT2D eigenvalue weighted by atomic mass is 9.94. The van der Waals surface area contributed by atoms with Crippen molar-refractivity contribution in [1.82, 2.24) is 15.1 Å². The van der Waals surface area contributed by atoms with E-state index in [2.05, 4.69) is 22.1 Å². The Morgan fingerprint density at radius 2 is 2.19 bits per heavy atom. The van der Waals surface area contributed by atoms with Crippen molar-refractivity contribution in [3.8, 4) is 0 Å². The number of methoxy groups -OCH3 is 1. The zero-order chi connectivity index (χ0) is 19.2. The maximum Gasteiger partial charge on any atom is 0.328 e. The van der Waals surface area contributed by atoms with Gasteiger partial charge in [-0.05, 0) is 11.1 Å². The molecule has 1 aliphatic heterocycles. The number of anilines is 1. The van der Waals surface area contributed by atoms with Gasteiger partial charge in [-0.25, -0.2) is 4.79 Å². The van der Waals surface area contributed by atoms with Crippen LogP contribution in [-0.4, -0.2) is 52.4 Å². The molecular formula is C18H20N4O3S2. The first kappa shape index (κ1) is 19.4. The number of carbonyl (C=O) groups excluding carboxylic acids is 2. The van der Waals surface area contributed by atoms with Crippen molar-refractivity contribution in [3.05, 3.63) is 48.0 Å². The third kappa shape index (κ3) is 4.67. The van der Waals surface area contributed by atoms with Gasteiger partial charge in [-0.1, -0.05) is 53.4 Å². The molecule has 0 spiro atoms. The highest BCUT2D eigenvalue weighted by atomic mass is 32.2. The van der Waals surface area contributed by atoms with Gasteiger partial charge >= 0.3 is 5.97 Å². The molecule has 0 fully saturated rings. The van der Waals surface area contributed by atoms with E-state index in [-0.39, 0.29) is 11.7 Å². The summed E-state index contributed by atoms with van der Waals surface area (Å²) in [6, 6.07) is 7.25. The van der Waals surface area contributed by atoms with Gasteiger partial charge in [-0.2, -0.15) is 0 Å². The molecule has 3 rings (SSSR count). The van der Waals surface area contributed by atoms with Gasteiger partial charge in [0.15, 0.2) is 4.34 Å². The Labute approximate surface area is 165 Å². The van der Waals surface area contributed by atoms with E-state index >= 15 is 0 Å². The lowest BCUT2D eigenvalue weighted by Gasteiger charge is -2.35. The maximum absolute atomic E-state index is 12.8. The number of nitrogens with one attached hydrogen (secondary N) is 1. The van der Waals surface area contributed by atoms with Gasteiger partial charge in [0.2, 0.25) is 11.0 Å². The van der Waals surface area contributed by atoms with Crippen molar-refractivity contribution in [2.45, 2.75) is 23.3 Å². The van der Waals surface area contributed by atoms with Crippen LogP contribution in [-0.2, 0) is 27.3 Å². The molecule has 2 aromatic rings. The average Bonchev–Trinajstić information content (AvgIpc) is 3.16. The smallest absolute Gasteiger partial charge is 0.328 e. The normalized spacial score (nSPS) is 15.7. The minimum absolute atomic E-state index is 0.124. The molecule has 0 saturated carbocycles. The fourth-order valence-corrected chi connectivity index (χ4v) is 4.48. The van der Waals surface area contributed by atoms with E-state index in [1.165, 1.54) is 30.2 Å². The highest BCUT2D eigenvalue weighted by Crippen LogP contribution is 2.28. The number of hydrogen-bond acceptors (Lipinski definition) is 8. The van der Waals surface area contributed by atoms with E-state index in [1.54, 1.807) is 11.0 Å². The van der Waals surface area contributed by atoms with Crippen LogP contribution in [0, 0.1) is 0 Å². The van der Waals surface area contributed by atoms with Crippen molar-refractivity contribution >= 4 is 40.1 Å². The second kappa shape index (κ2) is 9.01. The molecule has 27 heavy (non-hydrogen) atoms. The lowest BCUT2D eigenvalue weighted by molar-refractivity contribution is -0.153. The summed E-state index contributed by atoms with van der Waals surface area (Å²) >= 11 is 2.70. The first-order valence-corrected chi connectivity index (χ1v) is 10.2. The van der Waals surface area contributed by atoms with Crippen LogP contribution in [0.2, 0.25) is 0 Å². The number of benzene rings is 1. The molecule has 0 saturated heterocycles. The lowest BCUT2D eigenvalue weighted by Crippen LogP contribution is -2.49. The number of amides is 1. The van der Waals surface area contributed by atoms with Crippen LogP contribution in [0.1, 0.15) is 11.1 Å². The van der Waals surface area contributed by atoms with E-state index in [4.69, 9.17) is 4.74 Å². The average molecular weight is 405 g/mol. The Hall–Kier alpha value is -2.39. The quantitative estimate of drug-likeness (QED) is 0.431. The minimum atomic E-state index is -0.600. The molecule has 0 bridgehead atoms. The van der Waals surface area contributed by atoms with Crippen molar-refractivity contribution < 1.29 is 14.3 Å². The second-order valence-electron chi connectivity index (χ2n) is 5.86. The topological polar surface area (TPSA) is 84.4 Å². The summed E-state index contributed by atoms with van der Waals surface area (Å²) in [5.41, 5.74) is 2.13. The Morgan fingerprint density at radius 1 is 1.41 bits per heavy atom. The van der Waals surface area contributed by atoms with Gasteiger partial charge in [0, 0.05) is 19.5 Å². The van der Waals surface area contributed by atoms with Crippen molar-refractivity contribution in [2.24, 2.45) is 0 Å². The number of esters is 1. The molecule has 9 heteroatoms. The fourth-order valence-electron chi connectivity index (χ4n) is 2.84. The van der Waals surface area contributed by atoms with Gasteiger partial charge in [0.25, 0.3) is 0 Å². The van der Waals surface area contributed by atoms with Crippen LogP contribution >= 0.6 is 23.1 Å². The van der Waals surface area contributed by atoms with E-state index in [0.717, 1.165) is 11.1 Å². The summed E-state index contributed by atoms with van der Waals surface area (Å²) < 4.78 is 5.61. The zero-order valence-electron chi connectivity index (χ0n) is 14.9. The van der Waals surface area contributed by atoms with E-state index in [0.29, 0.717) is 29.0 Å². The number of ether oxygens (including phenoxy) is 1. The van der Waals surface area contributed by atoms with Crippen LogP contribution < -0.4 is 5.32 Å². The molecule has 0 unspecified atom stereocenters. The second-order valence-corrected chi connectivity index (χ2v) is 8.06. The molecule has 1 amide bonds. The number of thioether (sulfide) groups is 1. The summed E-state index contributed by atoms with van der Waals surface area (Å²) in [4.78, 5) is 26.6. The minimum Gasteiger partial charge on any atom is -0.467 e.